The number of H-pyrrole nitrogens is 1. The topological polar surface area (TPSA) is 94.5 Å². The van der Waals surface area contributed by atoms with Gasteiger partial charge in [0.1, 0.15) is 5.82 Å². The minimum atomic E-state index is -0.403. The fraction of sp³-hybridized carbons (Fsp3) is 0.480. The molecule has 0 unspecified atom stereocenters. The van der Waals surface area contributed by atoms with Crippen LogP contribution in [-0.4, -0.2) is 69.1 Å². The van der Waals surface area contributed by atoms with E-state index in [0.717, 1.165) is 28.9 Å². The summed E-state index contributed by atoms with van der Waals surface area (Å²) in [5, 5.41) is 6.99. The van der Waals surface area contributed by atoms with Crippen LogP contribution in [0.1, 0.15) is 49.4 Å². The van der Waals surface area contributed by atoms with Gasteiger partial charge in [-0.1, -0.05) is 0 Å². The summed E-state index contributed by atoms with van der Waals surface area (Å²) in [5.41, 5.74) is 3.86. The molecule has 1 N–H and O–H groups in total. The first kappa shape index (κ1) is 22.5. The summed E-state index contributed by atoms with van der Waals surface area (Å²) in [6.45, 7) is 9.60. The number of hydrogen-bond donors (Lipinski definition) is 1. The number of methoxy groups -OCH3 is 1. The largest absolute Gasteiger partial charge is 0.493 e. The second kappa shape index (κ2) is 8.47. The number of aryl methyl sites for hydroxylation is 1. The lowest BCUT2D eigenvalue weighted by atomic mass is 9.98. The van der Waals surface area contributed by atoms with E-state index in [-0.39, 0.29) is 12.0 Å². The minimum absolute atomic E-state index is 0.00756. The smallest absolute Gasteiger partial charge is 0.274 e. The Bertz CT molecular complexity index is 1210. The van der Waals surface area contributed by atoms with Crippen molar-refractivity contribution in [3.63, 3.8) is 0 Å². The van der Waals surface area contributed by atoms with Gasteiger partial charge < -0.3 is 19.1 Å². The molecular formula is C25H31N5O4. The second-order valence-electron chi connectivity index (χ2n) is 9.67. The minimum Gasteiger partial charge on any atom is -0.493 e. The monoisotopic (exact) mass is 465 g/mol. The molecule has 180 valence electrons. The summed E-state index contributed by atoms with van der Waals surface area (Å²) in [5.74, 6) is 1.98. The van der Waals surface area contributed by atoms with E-state index < -0.39 is 5.54 Å². The number of aromatic amines is 1. The second-order valence-corrected chi connectivity index (χ2v) is 9.67. The third-order valence-corrected chi connectivity index (χ3v) is 6.42. The van der Waals surface area contributed by atoms with E-state index in [0.29, 0.717) is 49.2 Å². The molecule has 9 nitrogen and oxygen atoms in total. The molecular weight excluding hydrogens is 434 g/mol. The number of carbonyl (C=O) groups is 1. The highest BCUT2D eigenvalue weighted by atomic mass is 16.5. The number of imidazole rings is 1. The lowest BCUT2D eigenvalue weighted by Crippen LogP contribution is -2.55. The number of aromatic nitrogens is 4. The Morgan fingerprint density at radius 2 is 2.06 bits per heavy atom. The van der Waals surface area contributed by atoms with E-state index in [2.05, 4.69) is 14.8 Å². The van der Waals surface area contributed by atoms with E-state index in [9.17, 15) is 4.79 Å². The lowest BCUT2D eigenvalue weighted by Gasteiger charge is -2.41. The number of carbonyl (C=O) groups excluding carboxylic acids is 1. The lowest BCUT2D eigenvalue weighted by molar-refractivity contribution is -0.0373. The van der Waals surface area contributed by atoms with E-state index in [1.165, 1.54) is 0 Å². The zero-order chi connectivity index (χ0) is 24.0. The molecule has 2 aliphatic heterocycles. The third-order valence-electron chi connectivity index (χ3n) is 6.42. The van der Waals surface area contributed by atoms with Crippen LogP contribution in [-0.2, 0) is 17.6 Å². The molecule has 0 atom stereocenters. The average Bonchev–Trinajstić information content (AvgIpc) is 3.45. The van der Waals surface area contributed by atoms with Gasteiger partial charge in [-0.25, -0.2) is 4.98 Å². The van der Waals surface area contributed by atoms with Crippen LogP contribution in [0.25, 0.3) is 17.1 Å². The van der Waals surface area contributed by atoms with Crippen molar-refractivity contribution in [2.75, 3.05) is 26.9 Å². The van der Waals surface area contributed by atoms with Gasteiger partial charge in [-0.15, -0.1) is 0 Å². The molecule has 34 heavy (non-hydrogen) atoms. The summed E-state index contributed by atoms with van der Waals surface area (Å²) in [4.78, 5) is 20.6. The van der Waals surface area contributed by atoms with E-state index in [1.807, 2.05) is 44.7 Å². The Labute approximate surface area is 199 Å². The van der Waals surface area contributed by atoms with Crippen LogP contribution in [0.4, 0.5) is 0 Å². The Balaban J connectivity index is 1.69. The van der Waals surface area contributed by atoms with Gasteiger partial charge in [0.25, 0.3) is 5.91 Å². The van der Waals surface area contributed by atoms with Crippen LogP contribution in [0.15, 0.2) is 24.5 Å². The SMILES string of the molecule is COc1cc2c(cc1OC(C)C)-n1c(-c3cn[nH]c3)nc(C(=O)N3CCOCC3(C)C)c1CC2. The summed E-state index contributed by atoms with van der Waals surface area (Å²) in [6.07, 6.45) is 4.98. The summed E-state index contributed by atoms with van der Waals surface area (Å²) in [6, 6.07) is 4.02. The Hall–Kier alpha value is -3.33. The van der Waals surface area contributed by atoms with Gasteiger partial charge in [0.2, 0.25) is 0 Å². The molecule has 5 rings (SSSR count). The van der Waals surface area contributed by atoms with Gasteiger partial charge in [-0.3, -0.25) is 14.5 Å². The molecule has 1 fully saturated rings. The number of benzene rings is 1. The van der Waals surface area contributed by atoms with E-state index in [1.54, 1.807) is 19.5 Å². The van der Waals surface area contributed by atoms with Gasteiger partial charge in [0.05, 0.1) is 55.1 Å². The first-order chi connectivity index (χ1) is 16.3. The number of morpholine rings is 1. The fourth-order valence-electron chi connectivity index (χ4n) is 4.80. The van der Waals surface area contributed by atoms with Crippen molar-refractivity contribution < 1.29 is 19.0 Å². The maximum atomic E-state index is 13.8. The van der Waals surface area contributed by atoms with Crippen LogP contribution in [0.2, 0.25) is 0 Å². The molecule has 4 heterocycles. The maximum Gasteiger partial charge on any atom is 0.274 e. The molecule has 1 aromatic carbocycles. The zero-order valence-electron chi connectivity index (χ0n) is 20.3. The van der Waals surface area contributed by atoms with E-state index >= 15 is 0 Å². The van der Waals surface area contributed by atoms with Gasteiger partial charge in [-0.2, -0.15) is 5.10 Å². The normalized spacial score (nSPS) is 16.8. The third kappa shape index (κ3) is 3.73. The molecule has 0 saturated carbocycles. The molecule has 1 saturated heterocycles. The van der Waals surface area contributed by atoms with E-state index in [4.69, 9.17) is 19.2 Å². The maximum absolute atomic E-state index is 13.8. The first-order valence-electron chi connectivity index (χ1n) is 11.7. The van der Waals surface area contributed by atoms with Gasteiger partial charge in [0.15, 0.2) is 17.2 Å². The van der Waals surface area contributed by atoms with Crippen LogP contribution in [0, 0.1) is 0 Å². The fourth-order valence-corrected chi connectivity index (χ4v) is 4.80. The van der Waals surface area contributed by atoms with Crippen molar-refractivity contribution >= 4 is 5.91 Å². The highest BCUT2D eigenvalue weighted by Crippen LogP contribution is 2.40. The van der Waals surface area contributed by atoms with Crippen molar-refractivity contribution in [3.8, 4) is 28.6 Å². The van der Waals surface area contributed by atoms with Crippen LogP contribution < -0.4 is 9.47 Å². The molecule has 1 amide bonds. The number of ether oxygens (including phenoxy) is 3. The molecule has 2 aliphatic rings. The summed E-state index contributed by atoms with van der Waals surface area (Å²) < 4.78 is 19.4. The first-order valence-corrected chi connectivity index (χ1v) is 11.7. The van der Waals surface area contributed by atoms with Crippen LogP contribution in [0.5, 0.6) is 11.5 Å². The van der Waals surface area contributed by atoms with Gasteiger partial charge >= 0.3 is 0 Å². The summed E-state index contributed by atoms with van der Waals surface area (Å²) in [7, 11) is 1.65. The highest BCUT2D eigenvalue weighted by molar-refractivity contribution is 5.95. The predicted molar refractivity (Wildman–Crippen MR) is 127 cm³/mol. The van der Waals surface area contributed by atoms with Crippen molar-refractivity contribution in [1.29, 1.82) is 0 Å². The molecule has 3 aromatic rings. The van der Waals surface area contributed by atoms with Crippen molar-refractivity contribution in [1.82, 2.24) is 24.6 Å². The van der Waals surface area contributed by atoms with Crippen molar-refractivity contribution in [2.45, 2.75) is 52.2 Å². The number of rotatable bonds is 5. The van der Waals surface area contributed by atoms with Crippen molar-refractivity contribution in [3.05, 3.63) is 41.5 Å². The van der Waals surface area contributed by atoms with Crippen LogP contribution >= 0.6 is 0 Å². The molecule has 0 radical (unpaired) electrons. The van der Waals surface area contributed by atoms with Crippen LogP contribution in [0.3, 0.4) is 0 Å². The van der Waals surface area contributed by atoms with Gasteiger partial charge in [-0.05, 0) is 52.2 Å². The molecule has 0 bridgehead atoms. The molecule has 0 aliphatic carbocycles. The number of hydrogen-bond acceptors (Lipinski definition) is 6. The molecule has 9 heteroatoms. The number of amides is 1. The molecule has 0 spiro atoms. The quantitative estimate of drug-likeness (QED) is 0.621. The Morgan fingerprint density at radius 1 is 1.24 bits per heavy atom. The standard InChI is InChI=1S/C25H31N5O4/c1-15(2)34-21-11-19-16(10-20(21)32-5)6-7-18-22(24(31)29-8-9-33-14-25(29,3)4)28-23(30(18)19)17-12-26-27-13-17/h10-13,15H,6-9,14H2,1-5H3,(H,26,27). The zero-order valence-corrected chi connectivity index (χ0v) is 20.3. The Morgan fingerprint density at radius 3 is 2.74 bits per heavy atom. The molecule has 2 aromatic heterocycles. The Kier molecular flexibility index (Phi) is 5.59. The number of fused-ring (bicyclic) bond motifs is 3. The van der Waals surface area contributed by atoms with Crippen molar-refractivity contribution in [2.24, 2.45) is 0 Å². The number of nitrogens with one attached hydrogen (secondary N) is 1. The summed E-state index contributed by atoms with van der Waals surface area (Å²) >= 11 is 0. The highest BCUT2D eigenvalue weighted by Gasteiger charge is 2.38. The number of nitrogens with zero attached hydrogens (tertiary/aromatic N) is 4. The van der Waals surface area contributed by atoms with Gasteiger partial charge in [0, 0.05) is 18.8 Å². The average molecular weight is 466 g/mol. The predicted octanol–water partition coefficient (Wildman–Crippen LogP) is 3.41.